The number of anilines is 8. The molecule has 696 valence electrons. The lowest BCUT2D eigenvalue weighted by atomic mass is 10.1. The van der Waals surface area contributed by atoms with Crippen LogP contribution in [-0.2, 0) is 31.5 Å². The summed E-state index contributed by atoms with van der Waals surface area (Å²) in [6.07, 6.45) is 34.5. The summed E-state index contributed by atoms with van der Waals surface area (Å²) in [7, 11) is 16.9. The van der Waals surface area contributed by atoms with Crippen molar-refractivity contribution >= 4 is 95.5 Å². The lowest BCUT2D eigenvalue weighted by molar-refractivity contribution is -0.121. The van der Waals surface area contributed by atoms with Gasteiger partial charge in [0.25, 0.3) is 0 Å². The number of benzene rings is 8. The molecule has 0 unspecified atom stereocenters. The molecule has 16 aromatic rings. The van der Waals surface area contributed by atoms with E-state index in [2.05, 4.69) is 152 Å². The first-order valence-corrected chi connectivity index (χ1v) is 45.9. The Hall–Kier alpha value is -15.0. The second-order valence-corrected chi connectivity index (χ2v) is 35.0. The number of carbonyl (C=O) groups excluding carboxylic acids is 1. The van der Waals surface area contributed by atoms with Crippen LogP contribution in [0.3, 0.4) is 0 Å². The van der Waals surface area contributed by atoms with E-state index >= 15 is 0 Å². The van der Waals surface area contributed by atoms with E-state index in [1.807, 2.05) is 128 Å². The number of methoxy groups -OCH3 is 8. The van der Waals surface area contributed by atoms with E-state index in [0.29, 0.717) is 41.8 Å². The zero-order chi connectivity index (χ0) is 93.6. The maximum Gasteiger partial charge on any atom is 0.241 e. The molecular weight excluding hydrogens is 1700 g/mol. The van der Waals surface area contributed by atoms with Crippen LogP contribution in [0.15, 0.2) is 220 Å². The summed E-state index contributed by atoms with van der Waals surface area (Å²) in [5, 5.41) is 29.0. The van der Waals surface area contributed by atoms with Gasteiger partial charge in [0.1, 0.15) is 52.5 Å². The highest BCUT2D eigenvalue weighted by molar-refractivity contribution is 5.88. The smallest absolute Gasteiger partial charge is 0.241 e. The average molecular weight is 1820 g/mol. The van der Waals surface area contributed by atoms with Crippen molar-refractivity contribution in [1.82, 2.24) is 84.3 Å². The number of aliphatic hydroxyl groups is 1. The fraction of sp³-hybridized carbons (Fsp3) is 0.337. The Morgan fingerprint density at radius 3 is 0.919 bits per heavy atom. The van der Waals surface area contributed by atoms with Gasteiger partial charge >= 0.3 is 0 Å². The molecule has 20 rings (SSSR count). The Morgan fingerprint density at radius 2 is 0.637 bits per heavy atom. The van der Waals surface area contributed by atoms with Crippen molar-refractivity contribution in [1.29, 1.82) is 0 Å². The molecule has 0 spiro atoms. The van der Waals surface area contributed by atoms with E-state index in [1.165, 1.54) is 64.2 Å². The molecule has 135 heavy (non-hydrogen) atoms. The number of hydrogen-bond acceptors (Lipinski definition) is 26. The van der Waals surface area contributed by atoms with Crippen LogP contribution >= 0.6 is 0 Å². The number of carbonyl (C=O) groups is 1. The number of ether oxygens (including phenoxy) is 8. The standard InChI is InChI=1S/C27H31N5O2.C26H28N6O3.C26H29N5O2.C25H27N5O3/c1-18(2)15-31-17-20(13-29-31)27-14-28-25-8-7-21(11-26(25)30-27)32(16-19-5-6-19)22-9-23(33-3)12-24(10-22)34-4;1-27-26(33)16-31-15-18(12-29-31)25-13-28-23-7-6-19(10-24(23)30-25)32(14-17-4-5-17)20-8-21(34-2)11-22(9-20)35-3;1-30-17-19(14-28-30)26-15-27-24-9-8-20(12-25(24)29-26)31(16-18-6-4-5-7-18)21-10-22(32-2)13-23(11-21)33-3;1-32-21-9-20(10-22(12-21)33-2)30(15-17-3-4-17)19-5-6-23-24(11-19)28-25(14-26-23)18-13-27-29(16-18)7-8-31/h7-14,17-19H,5-6,15-16H2,1-4H3;6-13,15,17H,4-5,14,16H2,1-3H3,(H,27,33);8-15,17-18H,4-7,16H2,1-3H3;5-6,9-14,16-17,31H,3-4,7-8,15H2,1-2H3. The Kier molecular flexibility index (Phi) is 28.8. The van der Waals surface area contributed by atoms with Gasteiger partial charge < -0.3 is 67.9 Å². The van der Waals surface area contributed by atoms with Crippen molar-refractivity contribution in [2.75, 3.05) is 116 Å². The zero-order valence-corrected chi connectivity index (χ0v) is 78.5. The third kappa shape index (κ3) is 23.0. The molecule has 4 saturated carbocycles. The molecule has 31 nitrogen and oxygen atoms in total. The van der Waals surface area contributed by atoms with Gasteiger partial charge in [-0.1, -0.05) is 26.7 Å². The molecule has 8 aromatic heterocycles. The SMILES string of the molecule is CNC(=O)Cn1cc(-c2cnc3ccc(N(CC4CC4)c4cc(OC)cc(OC)c4)cc3n2)cn1.COc1cc(OC)cc(N(CC2CC2)c2ccc3ncc(-c4cnn(CC(C)C)c4)nc3c2)c1.COc1cc(OC)cc(N(CC2CC2)c2ccc3ncc(-c4cnn(CCO)c4)nc3c2)c1.COc1cc(OC)cc(N(CC2CCCC2)c2ccc3ncc(-c4cnn(C)c4)nc3c2)c1. The van der Waals surface area contributed by atoms with Gasteiger partial charge in [-0.25, -0.2) is 19.9 Å². The Labute approximate surface area is 785 Å². The summed E-state index contributed by atoms with van der Waals surface area (Å²) >= 11 is 0. The van der Waals surface area contributed by atoms with Crippen molar-refractivity contribution < 1.29 is 47.8 Å². The summed E-state index contributed by atoms with van der Waals surface area (Å²) in [5.41, 5.74) is 21.8. The highest BCUT2D eigenvalue weighted by Gasteiger charge is 2.31. The molecule has 8 heterocycles. The van der Waals surface area contributed by atoms with Crippen molar-refractivity contribution in [3.63, 3.8) is 0 Å². The molecule has 0 radical (unpaired) electrons. The predicted octanol–water partition coefficient (Wildman–Crippen LogP) is 18.9. The Bertz CT molecular complexity index is 6710. The lowest BCUT2D eigenvalue weighted by Gasteiger charge is -2.29. The third-order valence-corrected chi connectivity index (χ3v) is 24.5. The Balaban J connectivity index is 0.000000125. The lowest BCUT2D eigenvalue weighted by Crippen LogP contribution is -2.24. The molecule has 4 aliphatic carbocycles. The van der Waals surface area contributed by atoms with Gasteiger partial charge in [-0.3, -0.25) is 43.5 Å². The molecule has 4 aliphatic rings. The second-order valence-electron chi connectivity index (χ2n) is 35.0. The summed E-state index contributed by atoms with van der Waals surface area (Å²) in [5.74, 6) is 9.22. The minimum atomic E-state index is -0.112. The highest BCUT2D eigenvalue weighted by atomic mass is 16.5. The van der Waals surface area contributed by atoms with Crippen LogP contribution in [0.1, 0.15) is 78.1 Å². The number of fused-ring (bicyclic) bond motifs is 4. The van der Waals surface area contributed by atoms with Gasteiger partial charge in [0.15, 0.2) is 0 Å². The number of likely N-dealkylation sites (N-methyl/N-ethyl adjacent to an activating group) is 1. The van der Waals surface area contributed by atoms with Crippen LogP contribution in [-0.4, -0.2) is 187 Å². The zero-order valence-electron chi connectivity index (χ0n) is 78.5. The van der Waals surface area contributed by atoms with E-state index in [1.54, 1.807) is 109 Å². The number of rotatable bonds is 34. The number of nitrogens with one attached hydrogen (secondary N) is 1. The van der Waals surface area contributed by atoms with E-state index in [0.717, 1.165) is 208 Å². The fourth-order valence-electron chi connectivity index (χ4n) is 16.6. The normalized spacial score (nSPS) is 13.4. The first-order valence-electron chi connectivity index (χ1n) is 45.9. The van der Waals surface area contributed by atoms with Gasteiger partial charge in [0, 0.05) is 212 Å². The molecule has 0 bridgehead atoms. The maximum atomic E-state index is 11.7. The first kappa shape index (κ1) is 91.9. The molecule has 8 aromatic carbocycles. The van der Waals surface area contributed by atoms with Gasteiger partial charge in [0.2, 0.25) is 5.91 Å². The molecule has 2 N–H and O–H groups in total. The minimum absolute atomic E-state index is 0.0414. The van der Waals surface area contributed by atoms with Crippen molar-refractivity contribution in [3.05, 3.63) is 220 Å². The van der Waals surface area contributed by atoms with Gasteiger partial charge in [-0.05, 0) is 154 Å². The number of aromatic nitrogens is 16. The van der Waals surface area contributed by atoms with Crippen LogP contribution in [0.4, 0.5) is 45.5 Å². The first-order chi connectivity index (χ1) is 65.9. The van der Waals surface area contributed by atoms with Crippen LogP contribution in [0.5, 0.6) is 46.0 Å². The summed E-state index contributed by atoms with van der Waals surface area (Å²) in [6, 6.07) is 48.8. The topological polar surface area (TPSA) is 311 Å². The third-order valence-electron chi connectivity index (χ3n) is 24.5. The molecule has 1 amide bonds. The number of aryl methyl sites for hydroxylation is 1. The van der Waals surface area contributed by atoms with Crippen LogP contribution in [0.2, 0.25) is 0 Å². The molecule has 0 saturated heterocycles. The second kappa shape index (κ2) is 42.3. The van der Waals surface area contributed by atoms with Gasteiger partial charge in [0.05, 0.1) is 187 Å². The van der Waals surface area contributed by atoms with Crippen molar-refractivity contribution in [2.45, 2.75) is 97.7 Å². The Morgan fingerprint density at radius 1 is 0.356 bits per heavy atom. The average Bonchev–Trinajstić information content (AvgIpc) is 1.67. The monoisotopic (exact) mass is 1820 g/mol. The van der Waals surface area contributed by atoms with E-state index in [-0.39, 0.29) is 19.1 Å². The van der Waals surface area contributed by atoms with Crippen molar-refractivity contribution in [2.24, 2.45) is 36.6 Å². The van der Waals surface area contributed by atoms with Gasteiger partial charge in [-0.2, -0.15) is 20.4 Å². The maximum absolute atomic E-state index is 11.7. The van der Waals surface area contributed by atoms with E-state index < -0.39 is 0 Å². The summed E-state index contributed by atoms with van der Waals surface area (Å²) in [6.45, 7) is 9.60. The summed E-state index contributed by atoms with van der Waals surface area (Å²) in [4.78, 5) is 59.0. The molecular formula is C104H115N21O10. The molecule has 0 atom stereocenters. The molecule has 31 heteroatoms. The van der Waals surface area contributed by atoms with Crippen LogP contribution in [0.25, 0.3) is 89.2 Å². The number of amides is 1. The van der Waals surface area contributed by atoms with Gasteiger partial charge in [-0.15, -0.1) is 0 Å². The minimum Gasteiger partial charge on any atom is -0.497 e. The van der Waals surface area contributed by atoms with E-state index in [9.17, 15) is 4.79 Å². The quantitative estimate of drug-likeness (QED) is 0.0378. The number of aliphatic hydroxyl groups excluding tert-OH is 1. The van der Waals surface area contributed by atoms with Crippen molar-refractivity contribution in [3.8, 4) is 91.0 Å². The van der Waals surface area contributed by atoms with Crippen LogP contribution < -0.4 is 62.8 Å². The summed E-state index contributed by atoms with van der Waals surface area (Å²) < 4.78 is 51.2. The number of nitrogens with zero attached hydrogens (tertiary/aromatic N) is 20. The largest absolute Gasteiger partial charge is 0.497 e. The highest BCUT2D eigenvalue weighted by Crippen LogP contribution is 2.45. The molecule has 4 fully saturated rings. The van der Waals surface area contributed by atoms with Crippen LogP contribution in [0, 0.1) is 29.6 Å². The molecule has 0 aliphatic heterocycles. The van der Waals surface area contributed by atoms with E-state index in [4.69, 9.17) is 62.9 Å². The fourth-order valence-corrected chi connectivity index (χ4v) is 16.6. The number of hydrogen-bond donors (Lipinski definition) is 2. The predicted molar refractivity (Wildman–Crippen MR) is 526 cm³/mol.